The van der Waals surface area contributed by atoms with Gasteiger partial charge in [0.2, 0.25) is 5.91 Å². The fraction of sp³-hybridized carbons (Fsp3) is 0.353. The van der Waals surface area contributed by atoms with E-state index < -0.39 is 0 Å². The average molecular weight is 406 g/mol. The van der Waals surface area contributed by atoms with Crippen LogP contribution in [-0.4, -0.2) is 28.2 Å². The van der Waals surface area contributed by atoms with E-state index in [9.17, 15) is 9.59 Å². The van der Waals surface area contributed by atoms with Gasteiger partial charge < -0.3 is 10.2 Å². The van der Waals surface area contributed by atoms with Crippen LogP contribution in [0.15, 0.2) is 28.7 Å². The van der Waals surface area contributed by atoms with Crippen molar-refractivity contribution in [3.8, 4) is 0 Å². The molecule has 0 spiro atoms. The summed E-state index contributed by atoms with van der Waals surface area (Å²) < 4.78 is 0.808. The van der Waals surface area contributed by atoms with Gasteiger partial charge in [-0.3, -0.25) is 9.59 Å². The van der Waals surface area contributed by atoms with Crippen LogP contribution in [0.3, 0.4) is 0 Å². The lowest BCUT2D eigenvalue weighted by Gasteiger charge is -2.26. The van der Waals surface area contributed by atoms with Crippen molar-refractivity contribution in [2.75, 3.05) is 11.9 Å². The molecule has 1 aromatic carbocycles. The predicted octanol–water partition coefficient (Wildman–Crippen LogP) is 3.45. The van der Waals surface area contributed by atoms with Gasteiger partial charge in [-0.05, 0) is 40.9 Å². The summed E-state index contributed by atoms with van der Waals surface area (Å²) in [6.45, 7) is 1.19. The molecule has 0 bridgehead atoms. The number of aromatic nitrogens is 1. The van der Waals surface area contributed by atoms with Crippen molar-refractivity contribution in [2.45, 2.75) is 25.8 Å². The molecule has 1 aliphatic carbocycles. The van der Waals surface area contributed by atoms with E-state index in [0.29, 0.717) is 23.8 Å². The Morgan fingerprint density at radius 2 is 2.08 bits per heavy atom. The number of thiazole rings is 1. The molecule has 7 heteroatoms. The first-order chi connectivity index (χ1) is 11.6. The minimum absolute atomic E-state index is 0.0186. The Labute approximate surface area is 152 Å². The first-order valence-corrected chi connectivity index (χ1v) is 9.56. The molecule has 0 atom stereocenters. The molecule has 124 valence electrons. The number of rotatable bonds is 3. The molecule has 1 aliphatic heterocycles. The van der Waals surface area contributed by atoms with Crippen LogP contribution in [0.5, 0.6) is 0 Å². The van der Waals surface area contributed by atoms with E-state index in [1.165, 1.54) is 11.3 Å². The summed E-state index contributed by atoms with van der Waals surface area (Å²) in [4.78, 5) is 32.0. The highest BCUT2D eigenvalue weighted by atomic mass is 79.9. The second-order valence-electron chi connectivity index (χ2n) is 6.11. The second-order valence-corrected chi connectivity index (χ2v) is 8.05. The second kappa shape index (κ2) is 6.29. The monoisotopic (exact) mass is 405 g/mol. The highest BCUT2D eigenvalue weighted by molar-refractivity contribution is 9.10. The number of nitrogens with one attached hydrogen (secondary N) is 1. The van der Waals surface area contributed by atoms with Crippen molar-refractivity contribution < 1.29 is 9.59 Å². The van der Waals surface area contributed by atoms with Crippen LogP contribution in [0.1, 0.15) is 33.8 Å². The molecule has 1 aromatic heterocycles. The van der Waals surface area contributed by atoms with Gasteiger partial charge >= 0.3 is 0 Å². The van der Waals surface area contributed by atoms with E-state index in [0.717, 1.165) is 34.3 Å². The Hall–Kier alpha value is -1.73. The molecule has 1 saturated carbocycles. The summed E-state index contributed by atoms with van der Waals surface area (Å²) in [6.07, 6.45) is 2.68. The SMILES string of the molecule is O=C(Nc1nc2c(s1)CN(C(=O)c1ccccc1Br)CC2)C1CC1. The minimum atomic E-state index is 0.0186. The summed E-state index contributed by atoms with van der Waals surface area (Å²) >= 11 is 4.92. The zero-order valence-electron chi connectivity index (χ0n) is 12.9. The Balaban J connectivity index is 1.49. The topological polar surface area (TPSA) is 62.3 Å². The fourth-order valence-electron chi connectivity index (χ4n) is 2.78. The van der Waals surface area contributed by atoms with Gasteiger partial charge in [-0.2, -0.15) is 0 Å². The van der Waals surface area contributed by atoms with Crippen molar-refractivity contribution in [3.63, 3.8) is 0 Å². The summed E-state index contributed by atoms with van der Waals surface area (Å²) in [6, 6.07) is 7.47. The molecule has 1 fully saturated rings. The van der Waals surface area contributed by atoms with Crippen LogP contribution in [0.4, 0.5) is 5.13 Å². The molecular formula is C17H16BrN3O2S. The van der Waals surface area contributed by atoms with Crippen molar-refractivity contribution in [1.82, 2.24) is 9.88 Å². The number of hydrogen-bond donors (Lipinski definition) is 1. The Morgan fingerprint density at radius 3 is 2.83 bits per heavy atom. The number of fused-ring (bicyclic) bond motifs is 1. The molecule has 2 aliphatic rings. The van der Waals surface area contributed by atoms with Gasteiger partial charge in [0.25, 0.3) is 5.91 Å². The molecule has 2 aromatic rings. The largest absolute Gasteiger partial charge is 0.333 e. The van der Waals surface area contributed by atoms with Crippen LogP contribution < -0.4 is 5.32 Å². The first-order valence-electron chi connectivity index (χ1n) is 7.95. The number of benzene rings is 1. The third-order valence-electron chi connectivity index (χ3n) is 4.30. The van der Waals surface area contributed by atoms with Crippen molar-refractivity contribution >= 4 is 44.2 Å². The maximum Gasteiger partial charge on any atom is 0.255 e. The number of nitrogens with zero attached hydrogens (tertiary/aromatic N) is 2. The van der Waals surface area contributed by atoms with Gasteiger partial charge in [0.1, 0.15) is 0 Å². The van der Waals surface area contributed by atoms with Crippen LogP contribution in [0.2, 0.25) is 0 Å². The van der Waals surface area contributed by atoms with Gasteiger partial charge in [-0.25, -0.2) is 4.98 Å². The van der Waals surface area contributed by atoms with Gasteiger partial charge in [-0.1, -0.05) is 23.5 Å². The maximum atomic E-state index is 12.7. The van der Waals surface area contributed by atoms with Crippen LogP contribution >= 0.6 is 27.3 Å². The molecule has 4 rings (SSSR count). The average Bonchev–Trinajstić information content (AvgIpc) is 3.35. The Bertz CT molecular complexity index is 816. The smallest absolute Gasteiger partial charge is 0.255 e. The van der Waals surface area contributed by atoms with E-state index in [1.807, 2.05) is 29.2 Å². The Kier molecular flexibility index (Phi) is 4.14. The predicted molar refractivity (Wildman–Crippen MR) is 96.1 cm³/mol. The van der Waals surface area contributed by atoms with Gasteiger partial charge in [-0.15, -0.1) is 0 Å². The number of halogens is 1. The number of carbonyl (C=O) groups excluding carboxylic acids is 2. The highest BCUT2D eigenvalue weighted by Gasteiger charge is 2.31. The molecule has 0 unspecified atom stereocenters. The maximum absolute atomic E-state index is 12.7. The quantitative estimate of drug-likeness (QED) is 0.850. The van der Waals surface area contributed by atoms with Gasteiger partial charge in [0.15, 0.2) is 5.13 Å². The lowest BCUT2D eigenvalue weighted by atomic mass is 10.1. The molecule has 5 nitrogen and oxygen atoms in total. The van der Waals surface area contributed by atoms with E-state index >= 15 is 0 Å². The van der Waals surface area contributed by atoms with Gasteiger partial charge in [0.05, 0.1) is 17.8 Å². The molecule has 0 saturated heterocycles. The van der Waals surface area contributed by atoms with Crippen molar-refractivity contribution in [2.24, 2.45) is 5.92 Å². The van der Waals surface area contributed by atoms with Crippen LogP contribution in [-0.2, 0) is 17.8 Å². The van der Waals surface area contributed by atoms with E-state index in [2.05, 4.69) is 26.2 Å². The first kappa shape index (κ1) is 15.8. The van der Waals surface area contributed by atoms with E-state index in [1.54, 1.807) is 0 Å². The van der Waals surface area contributed by atoms with Crippen LogP contribution in [0.25, 0.3) is 0 Å². The third-order valence-corrected chi connectivity index (χ3v) is 5.99. The van der Waals surface area contributed by atoms with E-state index in [4.69, 9.17) is 0 Å². The fourth-order valence-corrected chi connectivity index (χ4v) is 4.26. The summed E-state index contributed by atoms with van der Waals surface area (Å²) in [5.74, 6) is 0.256. The summed E-state index contributed by atoms with van der Waals surface area (Å²) in [5.41, 5.74) is 1.68. The highest BCUT2D eigenvalue weighted by Crippen LogP contribution is 2.33. The Morgan fingerprint density at radius 1 is 1.29 bits per heavy atom. The van der Waals surface area contributed by atoms with E-state index in [-0.39, 0.29) is 17.7 Å². The molecule has 2 heterocycles. The normalized spacial score (nSPS) is 16.6. The summed E-state index contributed by atoms with van der Waals surface area (Å²) in [5, 5.41) is 3.56. The molecule has 1 N–H and O–H groups in total. The summed E-state index contributed by atoms with van der Waals surface area (Å²) in [7, 11) is 0. The van der Waals surface area contributed by atoms with Gasteiger partial charge in [0, 0.05) is 28.2 Å². The molecule has 0 radical (unpaired) electrons. The zero-order chi connectivity index (χ0) is 16.7. The molecule has 24 heavy (non-hydrogen) atoms. The van der Waals surface area contributed by atoms with Crippen molar-refractivity contribution in [1.29, 1.82) is 0 Å². The zero-order valence-corrected chi connectivity index (χ0v) is 15.3. The lowest BCUT2D eigenvalue weighted by Crippen LogP contribution is -2.35. The number of amides is 2. The number of hydrogen-bond acceptors (Lipinski definition) is 4. The number of carbonyl (C=O) groups is 2. The van der Waals surface area contributed by atoms with Crippen molar-refractivity contribution in [3.05, 3.63) is 44.9 Å². The standard InChI is InChI=1S/C17H16BrN3O2S/c18-12-4-2-1-3-11(12)16(23)21-8-7-13-14(9-21)24-17(19-13)20-15(22)10-5-6-10/h1-4,10H,5-9H2,(H,19,20,22). The number of anilines is 1. The molecule has 2 amide bonds. The molecular weight excluding hydrogens is 390 g/mol. The van der Waals surface area contributed by atoms with Crippen LogP contribution in [0, 0.1) is 5.92 Å². The minimum Gasteiger partial charge on any atom is -0.333 e. The lowest BCUT2D eigenvalue weighted by molar-refractivity contribution is -0.117. The third kappa shape index (κ3) is 3.10.